The van der Waals surface area contributed by atoms with E-state index in [-0.39, 0.29) is 40.5 Å². The van der Waals surface area contributed by atoms with Crippen LogP contribution in [0.3, 0.4) is 0 Å². The summed E-state index contributed by atoms with van der Waals surface area (Å²) in [5.41, 5.74) is -1.11. The minimum atomic E-state index is -0.976. The van der Waals surface area contributed by atoms with Crippen LogP contribution < -0.4 is 10.2 Å². The maximum absolute atomic E-state index is 12.5. The third-order valence-corrected chi connectivity index (χ3v) is 5.57. The van der Waals surface area contributed by atoms with Gasteiger partial charge in [-0.1, -0.05) is 13.8 Å². The van der Waals surface area contributed by atoms with Crippen molar-refractivity contribution in [3.63, 3.8) is 0 Å². The molecule has 1 heterocycles. The lowest BCUT2D eigenvalue weighted by Crippen LogP contribution is -2.43. The summed E-state index contributed by atoms with van der Waals surface area (Å²) < 4.78 is 16.1. The zero-order chi connectivity index (χ0) is 22.2. The van der Waals surface area contributed by atoms with E-state index in [1.54, 1.807) is 0 Å². The number of phenols is 2. The Hall–Kier alpha value is -3.04. The molecule has 2 aromatic rings. The van der Waals surface area contributed by atoms with Crippen molar-refractivity contribution in [2.45, 2.75) is 32.7 Å². The molecule has 3 rings (SSSR count). The molecule has 9 nitrogen and oxygen atoms in total. The molecule has 1 fully saturated rings. The smallest absolute Gasteiger partial charge is 0.338 e. The molecule has 0 amide bonds. The van der Waals surface area contributed by atoms with Crippen molar-refractivity contribution in [3.05, 3.63) is 34.0 Å². The zero-order valence-corrected chi connectivity index (χ0v) is 16.8. The molecule has 2 aromatic carbocycles. The van der Waals surface area contributed by atoms with Crippen molar-refractivity contribution in [2.75, 3.05) is 13.7 Å². The van der Waals surface area contributed by atoms with Crippen LogP contribution in [0.1, 0.15) is 30.6 Å². The highest BCUT2D eigenvalue weighted by molar-refractivity contribution is 5.98. The number of methoxy groups -OCH3 is 1. The van der Waals surface area contributed by atoms with E-state index >= 15 is 0 Å². The predicted molar refractivity (Wildman–Crippen MR) is 106 cm³/mol. The van der Waals surface area contributed by atoms with E-state index in [0.717, 1.165) is 13.2 Å². The molecule has 30 heavy (non-hydrogen) atoms. The lowest BCUT2D eigenvalue weighted by Gasteiger charge is -2.38. The number of carbonyl (C=O) groups is 1. The Bertz CT molecular complexity index is 1030. The number of rotatable bonds is 4. The zero-order valence-electron chi connectivity index (χ0n) is 16.8. The van der Waals surface area contributed by atoms with E-state index in [9.17, 15) is 30.0 Å². The van der Waals surface area contributed by atoms with Crippen LogP contribution in [0.25, 0.3) is 10.8 Å². The van der Waals surface area contributed by atoms with Gasteiger partial charge < -0.3 is 34.6 Å². The fourth-order valence-corrected chi connectivity index (χ4v) is 3.57. The molecule has 1 saturated heterocycles. The van der Waals surface area contributed by atoms with Gasteiger partial charge in [-0.25, -0.2) is 4.79 Å². The number of fused-ring (bicyclic) bond motifs is 1. The fraction of sp³-hybridized carbons (Fsp3) is 0.429. The average molecular weight is 420 g/mol. The summed E-state index contributed by atoms with van der Waals surface area (Å²) in [5.74, 6) is -3.03. The topological polar surface area (TPSA) is 143 Å². The van der Waals surface area contributed by atoms with Crippen molar-refractivity contribution in [1.29, 1.82) is 0 Å². The largest absolute Gasteiger partial charge is 0.504 e. The minimum Gasteiger partial charge on any atom is -0.504 e. The van der Waals surface area contributed by atoms with Gasteiger partial charge in [-0.2, -0.15) is 0 Å². The maximum atomic E-state index is 12.5. The molecular weight excluding hydrogens is 396 g/mol. The van der Waals surface area contributed by atoms with Crippen LogP contribution in [0.5, 0.6) is 23.0 Å². The molecule has 0 spiro atoms. The third-order valence-electron chi connectivity index (χ3n) is 5.57. The summed E-state index contributed by atoms with van der Waals surface area (Å²) in [4.78, 5) is 24.4. The van der Waals surface area contributed by atoms with Gasteiger partial charge in [-0.3, -0.25) is 4.79 Å². The van der Waals surface area contributed by atoms with E-state index in [0.29, 0.717) is 6.42 Å². The second-order valence-corrected chi connectivity index (χ2v) is 7.46. The Morgan fingerprint density at radius 3 is 2.50 bits per heavy atom. The van der Waals surface area contributed by atoms with Gasteiger partial charge in [0, 0.05) is 6.42 Å². The summed E-state index contributed by atoms with van der Waals surface area (Å²) in [7, 11) is 1.14. The van der Waals surface area contributed by atoms with Crippen LogP contribution in [0.15, 0.2) is 23.0 Å². The van der Waals surface area contributed by atoms with Crippen LogP contribution in [0.2, 0.25) is 0 Å². The SMILES string of the molecule is COC(=O)c1cc(O)c(=O)c2c(O)c(O)c(O[C@H]3C[C@@H](C)[C@@H](C)[C@@H](CO)O3)cc2c1. The molecule has 0 bridgehead atoms. The van der Waals surface area contributed by atoms with E-state index < -0.39 is 41.0 Å². The number of benzene rings is 1. The fourth-order valence-electron chi connectivity index (χ4n) is 3.57. The lowest BCUT2D eigenvalue weighted by molar-refractivity contribution is -0.192. The molecule has 162 valence electrons. The summed E-state index contributed by atoms with van der Waals surface area (Å²) in [6.45, 7) is 3.74. The first kappa shape index (κ1) is 21.7. The van der Waals surface area contributed by atoms with Gasteiger partial charge in [0.1, 0.15) is 0 Å². The molecule has 0 aliphatic carbocycles. The van der Waals surface area contributed by atoms with Crippen LogP contribution in [0, 0.1) is 11.8 Å². The molecule has 0 radical (unpaired) electrons. The summed E-state index contributed by atoms with van der Waals surface area (Å²) in [6.07, 6.45) is -0.794. The van der Waals surface area contributed by atoms with Crippen LogP contribution in [0.4, 0.5) is 0 Å². The van der Waals surface area contributed by atoms with Crippen LogP contribution in [-0.4, -0.2) is 52.5 Å². The van der Waals surface area contributed by atoms with Crippen molar-refractivity contribution in [2.24, 2.45) is 11.8 Å². The molecule has 0 saturated carbocycles. The van der Waals surface area contributed by atoms with Crippen LogP contribution in [-0.2, 0) is 9.47 Å². The highest BCUT2D eigenvalue weighted by atomic mass is 16.7. The highest BCUT2D eigenvalue weighted by Gasteiger charge is 2.35. The van der Waals surface area contributed by atoms with Crippen molar-refractivity contribution < 1.29 is 39.4 Å². The molecule has 0 unspecified atom stereocenters. The van der Waals surface area contributed by atoms with E-state index in [1.165, 1.54) is 12.1 Å². The van der Waals surface area contributed by atoms with Gasteiger partial charge in [0.2, 0.25) is 17.5 Å². The highest BCUT2D eigenvalue weighted by Crippen LogP contribution is 2.42. The first-order chi connectivity index (χ1) is 14.2. The third kappa shape index (κ3) is 3.86. The molecule has 1 aliphatic rings. The number of aromatic hydroxyl groups is 3. The number of hydrogen-bond acceptors (Lipinski definition) is 9. The van der Waals surface area contributed by atoms with Crippen molar-refractivity contribution >= 4 is 16.7 Å². The number of esters is 1. The van der Waals surface area contributed by atoms with Gasteiger partial charge in [0.05, 0.1) is 30.8 Å². The molecule has 4 atom stereocenters. The van der Waals surface area contributed by atoms with Gasteiger partial charge in [-0.05, 0) is 35.4 Å². The number of hydrogen-bond donors (Lipinski definition) is 4. The Morgan fingerprint density at radius 1 is 1.17 bits per heavy atom. The molecule has 1 aliphatic heterocycles. The number of aliphatic hydroxyl groups is 1. The predicted octanol–water partition coefficient (Wildman–Crippen LogP) is 1.86. The Kier molecular flexibility index (Phi) is 6.04. The van der Waals surface area contributed by atoms with E-state index in [2.05, 4.69) is 4.74 Å². The quantitative estimate of drug-likeness (QED) is 0.430. The number of aliphatic hydroxyl groups excluding tert-OH is 1. The Labute approximate surface area is 172 Å². The first-order valence-electron chi connectivity index (χ1n) is 9.45. The van der Waals surface area contributed by atoms with Crippen LogP contribution >= 0.6 is 0 Å². The van der Waals surface area contributed by atoms with E-state index in [1.807, 2.05) is 13.8 Å². The van der Waals surface area contributed by atoms with E-state index in [4.69, 9.17) is 9.47 Å². The number of carbonyl (C=O) groups excluding carboxylic acids is 1. The average Bonchev–Trinajstić information content (AvgIpc) is 2.84. The molecule has 9 heteroatoms. The standard InChI is InChI=1S/C21H24O9/c1-9-4-16(30-15(8-22)10(9)2)29-14-7-11-5-12(21(27)28-3)6-13(23)18(24)17(11)20(26)19(14)25/h5-7,9-10,15-16,22,25-26H,4,8H2,1-3H3,(H,23,24)/t9-,10-,15-,16-/m1/s1. The van der Waals surface area contributed by atoms with Gasteiger partial charge in [0.15, 0.2) is 17.2 Å². The Balaban J connectivity index is 2.11. The van der Waals surface area contributed by atoms with Gasteiger partial charge in [0.25, 0.3) is 0 Å². The maximum Gasteiger partial charge on any atom is 0.338 e. The summed E-state index contributed by atoms with van der Waals surface area (Å²) in [6, 6.07) is 3.42. The van der Waals surface area contributed by atoms with Gasteiger partial charge in [-0.15, -0.1) is 0 Å². The second-order valence-electron chi connectivity index (χ2n) is 7.46. The summed E-state index contributed by atoms with van der Waals surface area (Å²) >= 11 is 0. The monoisotopic (exact) mass is 420 g/mol. The molecule has 4 N–H and O–H groups in total. The molecular formula is C21H24O9. The lowest BCUT2D eigenvalue weighted by atomic mass is 9.86. The minimum absolute atomic E-state index is 0.0435. The Morgan fingerprint density at radius 2 is 1.87 bits per heavy atom. The normalized spacial score (nSPS) is 23.9. The molecule has 0 aromatic heterocycles. The first-order valence-corrected chi connectivity index (χ1v) is 9.45. The number of ether oxygens (including phenoxy) is 3. The van der Waals surface area contributed by atoms with Crippen molar-refractivity contribution in [3.8, 4) is 23.0 Å². The van der Waals surface area contributed by atoms with Crippen molar-refractivity contribution in [1.82, 2.24) is 0 Å². The van der Waals surface area contributed by atoms with Gasteiger partial charge >= 0.3 is 5.97 Å². The second kappa shape index (κ2) is 8.37. The number of phenolic OH excluding ortho intramolecular Hbond substituents is 2. The summed E-state index contributed by atoms with van der Waals surface area (Å²) in [5, 5.41) is 40.0.